The third-order valence-corrected chi connectivity index (χ3v) is 6.46. The minimum absolute atomic E-state index is 0.000317. The number of halogens is 6. The highest BCUT2D eigenvalue weighted by molar-refractivity contribution is 7.91. The maximum absolute atomic E-state index is 13.0. The molecule has 0 saturated carbocycles. The summed E-state index contributed by atoms with van der Waals surface area (Å²) in [5, 5.41) is 6.30. The maximum atomic E-state index is 13.0. The number of alkyl halides is 6. The molecule has 1 fully saturated rings. The van der Waals surface area contributed by atoms with Gasteiger partial charge in [-0.25, -0.2) is 18.1 Å². The number of rotatable bonds is 5. The predicted molar refractivity (Wildman–Crippen MR) is 101 cm³/mol. The maximum Gasteiger partial charge on any atom is 0.416 e. The Bertz CT molecular complexity index is 1110. The Morgan fingerprint density at radius 1 is 1.12 bits per heavy atom. The van der Waals surface area contributed by atoms with Crippen LogP contribution in [-0.4, -0.2) is 47.1 Å². The molecule has 0 spiro atoms. The van der Waals surface area contributed by atoms with Crippen LogP contribution in [0.2, 0.25) is 0 Å². The zero-order valence-electron chi connectivity index (χ0n) is 16.1. The minimum atomic E-state index is -5.00. The molecule has 1 N–H and O–H groups in total. The highest BCUT2D eigenvalue weighted by atomic mass is 32.2. The fourth-order valence-electron chi connectivity index (χ4n) is 3.04. The van der Waals surface area contributed by atoms with E-state index in [0.717, 1.165) is 23.3 Å². The number of sulfone groups is 1. The summed E-state index contributed by atoms with van der Waals surface area (Å²) in [6.45, 7) is 0.148. The van der Waals surface area contributed by atoms with Crippen molar-refractivity contribution in [3.05, 3.63) is 41.7 Å². The highest BCUT2D eigenvalue weighted by Crippen LogP contribution is 2.38. The predicted octanol–water partition coefficient (Wildman–Crippen LogP) is 3.00. The first-order valence-electron chi connectivity index (χ1n) is 9.10. The van der Waals surface area contributed by atoms with Gasteiger partial charge in [-0.05, 0) is 30.5 Å². The molecule has 1 aromatic heterocycles. The molecule has 0 bridgehead atoms. The summed E-state index contributed by atoms with van der Waals surface area (Å²) in [6.07, 6.45) is -6.43. The zero-order chi connectivity index (χ0) is 23.7. The molecule has 1 unspecified atom stereocenters. The molecule has 1 saturated heterocycles. The van der Waals surface area contributed by atoms with Gasteiger partial charge in [-0.15, -0.1) is 5.10 Å². The van der Waals surface area contributed by atoms with Crippen LogP contribution in [0.25, 0.3) is 17.6 Å². The van der Waals surface area contributed by atoms with E-state index in [-0.39, 0.29) is 30.0 Å². The van der Waals surface area contributed by atoms with E-state index in [1.165, 1.54) is 0 Å². The van der Waals surface area contributed by atoms with Crippen LogP contribution in [0.15, 0.2) is 30.6 Å². The molecule has 14 heteroatoms. The van der Waals surface area contributed by atoms with Gasteiger partial charge >= 0.3 is 12.4 Å². The Morgan fingerprint density at radius 3 is 2.28 bits per heavy atom. The molecule has 1 aliphatic heterocycles. The topological polar surface area (TPSA) is 93.9 Å². The number of hydrogen-bond acceptors (Lipinski definition) is 5. The van der Waals surface area contributed by atoms with Crippen molar-refractivity contribution in [3.63, 3.8) is 0 Å². The van der Waals surface area contributed by atoms with E-state index >= 15 is 0 Å². The fourth-order valence-corrected chi connectivity index (χ4v) is 4.91. The van der Waals surface area contributed by atoms with Gasteiger partial charge in [0, 0.05) is 24.4 Å². The lowest BCUT2D eigenvalue weighted by molar-refractivity contribution is -0.143. The van der Waals surface area contributed by atoms with Gasteiger partial charge < -0.3 is 5.32 Å². The van der Waals surface area contributed by atoms with Crippen LogP contribution in [0.5, 0.6) is 0 Å². The SMILES string of the molecule is O=C(/C=C\n1cnc(-c2cc(C(F)(F)F)cc(C(F)(F)F)c2)n1)NCC1CCS(=O)(=O)C1. The van der Waals surface area contributed by atoms with Crippen LogP contribution in [-0.2, 0) is 27.0 Å². The van der Waals surface area contributed by atoms with Gasteiger partial charge in [0.1, 0.15) is 6.33 Å². The third kappa shape index (κ3) is 6.08. The zero-order valence-corrected chi connectivity index (χ0v) is 16.9. The fraction of sp³-hybridized carbons (Fsp3) is 0.389. The molecule has 7 nitrogen and oxygen atoms in total. The van der Waals surface area contributed by atoms with Crippen molar-refractivity contribution in [2.75, 3.05) is 18.1 Å². The van der Waals surface area contributed by atoms with Gasteiger partial charge in [-0.3, -0.25) is 4.79 Å². The van der Waals surface area contributed by atoms with Crippen molar-refractivity contribution in [2.24, 2.45) is 5.92 Å². The summed E-state index contributed by atoms with van der Waals surface area (Å²) in [5.41, 5.74) is -3.49. The lowest BCUT2D eigenvalue weighted by Gasteiger charge is -2.13. The molecule has 0 aliphatic carbocycles. The molecular formula is C18H16F6N4O3S. The standard InChI is InChI=1S/C18H16F6N4O3S/c19-17(20,21)13-5-12(6-14(7-13)18(22,23)24)16-26-10-28(27-16)3-1-15(29)25-8-11-2-4-32(30,31)9-11/h1,3,5-7,10-11H,2,4,8-9H2,(H,25,29)/b3-1-. The first-order valence-corrected chi connectivity index (χ1v) is 10.9. The van der Waals surface area contributed by atoms with Crippen LogP contribution in [0.1, 0.15) is 17.5 Å². The van der Waals surface area contributed by atoms with Gasteiger partial charge in [0.15, 0.2) is 15.7 Å². The molecule has 1 atom stereocenters. The second kappa shape index (κ2) is 8.56. The quantitative estimate of drug-likeness (QED) is 0.523. The molecule has 1 amide bonds. The smallest absolute Gasteiger partial charge is 0.352 e. The Kier molecular flexibility index (Phi) is 6.36. The summed E-state index contributed by atoms with van der Waals surface area (Å²) in [7, 11) is -3.08. The summed E-state index contributed by atoms with van der Waals surface area (Å²) >= 11 is 0. The Balaban J connectivity index is 1.72. The molecule has 32 heavy (non-hydrogen) atoms. The largest absolute Gasteiger partial charge is 0.416 e. The molecule has 0 radical (unpaired) electrons. The highest BCUT2D eigenvalue weighted by Gasteiger charge is 2.37. The molecule has 2 aromatic rings. The van der Waals surface area contributed by atoms with Gasteiger partial charge in [0.25, 0.3) is 0 Å². The van der Waals surface area contributed by atoms with E-state index in [4.69, 9.17) is 0 Å². The van der Waals surface area contributed by atoms with E-state index in [9.17, 15) is 39.6 Å². The average molecular weight is 482 g/mol. The lowest BCUT2D eigenvalue weighted by Crippen LogP contribution is -2.28. The molecule has 1 aliphatic rings. The van der Waals surface area contributed by atoms with E-state index in [1.807, 2.05) is 0 Å². The van der Waals surface area contributed by atoms with E-state index < -0.39 is 50.6 Å². The van der Waals surface area contributed by atoms with Gasteiger partial charge in [0.2, 0.25) is 5.91 Å². The van der Waals surface area contributed by atoms with Crippen molar-refractivity contribution in [3.8, 4) is 11.4 Å². The summed E-state index contributed by atoms with van der Waals surface area (Å²) in [5.74, 6) is -1.12. The van der Waals surface area contributed by atoms with E-state index in [2.05, 4.69) is 15.4 Å². The number of hydrogen-bond donors (Lipinski definition) is 1. The second-order valence-corrected chi connectivity index (χ2v) is 9.40. The van der Waals surface area contributed by atoms with Crippen LogP contribution in [0.4, 0.5) is 26.3 Å². The van der Waals surface area contributed by atoms with E-state index in [1.54, 1.807) is 0 Å². The summed E-state index contributed by atoms with van der Waals surface area (Å²) < 4.78 is 102. The number of benzene rings is 1. The molecule has 174 valence electrons. The molecule has 3 rings (SSSR count). The van der Waals surface area contributed by atoms with Crippen molar-refractivity contribution < 1.29 is 39.6 Å². The minimum Gasteiger partial charge on any atom is -0.352 e. The molecule has 2 heterocycles. The van der Waals surface area contributed by atoms with Crippen LogP contribution in [0.3, 0.4) is 0 Å². The number of amides is 1. The van der Waals surface area contributed by atoms with Crippen molar-refractivity contribution in [1.82, 2.24) is 20.1 Å². The second-order valence-electron chi connectivity index (χ2n) is 7.17. The third-order valence-electron chi connectivity index (χ3n) is 4.62. The first kappa shape index (κ1) is 23.8. The van der Waals surface area contributed by atoms with Crippen LogP contribution < -0.4 is 5.32 Å². The summed E-state index contributed by atoms with van der Waals surface area (Å²) in [4.78, 5) is 15.6. The Morgan fingerprint density at radius 2 is 1.75 bits per heavy atom. The molecule has 1 aromatic carbocycles. The van der Waals surface area contributed by atoms with Gasteiger partial charge in [-0.1, -0.05) is 0 Å². The van der Waals surface area contributed by atoms with Crippen molar-refractivity contribution >= 4 is 21.9 Å². The Hall–Kier alpha value is -2.90. The monoisotopic (exact) mass is 482 g/mol. The van der Waals surface area contributed by atoms with Gasteiger partial charge in [0.05, 0.1) is 22.6 Å². The number of aromatic nitrogens is 3. The Labute approximate surface area is 178 Å². The van der Waals surface area contributed by atoms with Crippen LogP contribution >= 0.6 is 0 Å². The van der Waals surface area contributed by atoms with Crippen LogP contribution in [0, 0.1) is 5.92 Å². The molecular weight excluding hydrogens is 466 g/mol. The van der Waals surface area contributed by atoms with E-state index in [0.29, 0.717) is 18.6 Å². The number of carbonyl (C=O) groups excluding carboxylic acids is 1. The number of nitrogens with zero attached hydrogens (tertiary/aromatic N) is 3. The van der Waals surface area contributed by atoms with Crippen molar-refractivity contribution in [1.29, 1.82) is 0 Å². The number of nitrogens with one attached hydrogen (secondary N) is 1. The summed E-state index contributed by atoms with van der Waals surface area (Å²) in [6, 6.07) is 1.00. The lowest BCUT2D eigenvalue weighted by atomic mass is 10.0. The number of carbonyl (C=O) groups is 1. The van der Waals surface area contributed by atoms with Crippen molar-refractivity contribution in [2.45, 2.75) is 18.8 Å². The first-order chi connectivity index (χ1) is 14.7. The average Bonchev–Trinajstić information content (AvgIpc) is 3.29. The van der Waals surface area contributed by atoms with Gasteiger partial charge in [-0.2, -0.15) is 26.3 Å². The normalized spacial score (nSPS) is 18.9.